The molecule has 0 bridgehead atoms. The van der Waals surface area contributed by atoms with Gasteiger partial charge in [0.15, 0.2) is 0 Å². The van der Waals surface area contributed by atoms with Gasteiger partial charge in [0.1, 0.15) is 0 Å². The second-order valence-corrected chi connectivity index (χ2v) is 6.70. The van der Waals surface area contributed by atoms with Crippen molar-refractivity contribution in [1.82, 2.24) is 0 Å². The highest BCUT2D eigenvalue weighted by Gasteiger charge is 2.36. The average Bonchev–Trinajstić information content (AvgIpc) is 2.92. The van der Waals surface area contributed by atoms with E-state index in [1.165, 1.54) is 4.90 Å². The van der Waals surface area contributed by atoms with Crippen LogP contribution in [0.3, 0.4) is 0 Å². The van der Waals surface area contributed by atoms with E-state index in [0.29, 0.717) is 26.4 Å². The van der Waals surface area contributed by atoms with Crippen molar-refractivity contribution in [3.8, 4) is 0 Å². The minimum Gasteiger partial charge on any atom is -0.326 e. The molecule has 0 spiro atoms. The molecule has 3 rings (SSSR count). The van der Waals surface area contributed by atoms with Gasteiger partial charge in [0.2, 0.25) is 11.8 Å². The first-order valence-corrected chi connectivity index (χ1v) is 8.40. The van der Waals surface area contributed by atoms with Crippen LogP contribution in [-0.2, 0) is 9.59 Å². The van der Waals surface area contributed by atoms with Crippen LogP contribution in [0.5, 0.6) is 0 Å². The van der Waals surface area contributed by atoms with Gasteiger partial charge in [-0.3, -0.25) is 9.59 Å². The summed E-state index contributed by atoms with van der Waals surface area (Å²) in [6.45, 7) is 0.255. The predicted octanol–water partition coefficient (Wildman–Crippen LogP) is 4.64. The van der Waals surface area contributed by atoms with Crippen molar-refractivity contribution >= 4 is 58.0 Å². The molecule has 1 fully saturated rings. The van der Waals surface area contributed by atoms with Crippen LogP contribution in [0.25, 0.3) is 0 Å². The Balaban J connectivity index is 1.74. The van der Waals surface area contributed by atoms with Crippen molar-refractivity contribution in [1.29, 1.82) is 0 Å². The van der Waals surface area contributed by atoms with Gasteiger partial charge in [0.05, 0.1) is 21.7 Å². The van der Waals surface area contributed by atoms with Gasteiger partial charge in [-0.05, 0) is 30.3 Å². The molecule has 2 aromatic rings. The van der Waals surface area contributed by atoms with E-state index in [9.17, 15) is 9.59 Å². The third-order valence-electron chi connectivity index (χ3n) is 3.81. The van der Waals surface area contributed by atoms with Crippen LogP contribution in [0.4, 0.5) is 11.4 Å². The van der Waals surface area contributed by atoms with Gasteiger partial charge in [-0.25, -0.2) is 0 Å². The summed E-state index contributed by atoms with van der Waals surface area (Å²) >= 11 is 18.1. The third kappa shape index (κ3) is 3.51. The Kier molecular flexibility index (Phi) is 4.99. The lowest BCUT2D eigenvalue weighted by molar-refractivity contribution is -0.122. The van der Waals surface area contributed by atoms with Gasteiger partial charge in [0, 0.05) is 23.7 Å². The highest BCUT2D eigenvalue weighted by atomic mass is 35.5. The molecule has 2 amide bonds. The van der Waals surface area contributed by atoms with Gasteiger partial charge in [0.25, 0.3) is 0 Å². The zero-order valence-corrected chi connectivity index (χ0v) is 14.7. The summed E-state index contributed by atoms with van der Waals surface area (Å²) in [5.74, 6) is -0.858. The topological polar surface area (TPSA) is 49.4 Å². The Labute approximate surface area is 154 Å². The number of amides is 2. The van der Waals surface area contributed by atoms with E-state index in [2.05, 4.69) is 5.32 Å². The van der Waals surface area contributed by atoms with Crippen LogP contribution in [0.1, 0.15) is 6.42 Å². The number of carbonyl (C=O) groups excluding carboxylic acids is 2. The summed E-state index contributed by atoms with van der Waals surface area (Å²) in [6.07, 6.45) is 0.120. The fourth-order valence-electron chi connectivity index (χ4n) is 2.63. The molecule has 4 nitrogen and oxygen atoms in total. The van der Waals surface area contributed by atoms with Crippen LogP contribution in [-0.4, -0.2) is 18.4 Å². The van der Waals surface area contributed by atoms with Gasteiger partial charge in [-0.1, -0.05) is 46.9 Å². The van der Waals surface area contributed by atoms with Crippen LogP contribution in [0, 0.1) is 5.92 Å². The number of halogens is 3. The fraction of sp³-hybridized carbons (Fsp3) is 0.176. The molecule has 0 aromatic heterocycles. The van der Waals surface area contributed by atoms with Gasteiger partial charge in [-0.2, -0.15) is 0 Å². The van der Waals surface area contributed by atoms with Crippen molar-refractivity contribution in [2.45, 2.75) is 6.42 Å². The number of carbonyl (C=O) groups is 2. The van der Waals surface area contributed by atoms with E-state index in [4.69, 9.17) is 34.8 Å². The molecule has 1 atom stereocenters. The summed E-state index contributed by atoms with van der Waals surface area (Å²) in [4.78, 5) is 26.2. The second-order valence-electron chi connectivity index (χ2n) is 5.48. The number of nitrogens with zero attached hydrogens (tertiary/aromatic N) is 1. The Hall–Kier alpha value is -1.75. The van der Waals surface area contributed by atoms with Crippen molar-refractivity contribution in [2.24, 2.45) is 5.92 Å². The van der Waals surface area contributed by atoms with Crippen molar-refractivity contribution in [3.63, 3.8) is 0 Å². The van der Waals surface area contributed by atoms with E-state index in [0.717, 1.165) is 0 Å². The highest BCUT2D eigenvalue weighted by molar-refractivity contribution is 6.44. The summed E-state index contributed by atoms with van der Waals surface area (Å²) in [5.41, 5.74) is 1.12. The summed E-state index contributed by atoms with van der Waals surface area (Å²) in [5, 5.41) is 3.99. The summed E-state index contributed by atoms with van der Waals surface area (Å²) in [6, 6.07) is 11.9. The first-order valence-electron chi connectivity index (χ1n) is 7.26. The van der Waals surface area contributed by atoms with Crippen LogP contribution in [0.15, 0.2) is 42.5 Å². The molecule has 1 saturated heterocycles. The minimum atomic E-state index is -0.466. The molecule has 0 saturated carbocycles. The highest BCUT2D eigenvalue weighted by Crippen LogP contribution is 2.35. The number of anilines is 2. The summed E-state index contributed by atoms with van der Waals surface area (Å²) < 4.78 is 0. The lowest BCUT2D eigenvalue weighted by Crippen LogP contribution is -2.28. The van der Waals surface area contributed by atoms with E-state index in [1.807, 2.05) is 0 Å². The third-order valence-corrected chi connectivity index (χ3v) is 4.85. The summed E-state index contributed by atoms with van der Waals surface area (Å²) in [7, 11) is 0. The SMILES string of the molecule is O=C(Nc1cccc(Cl)c1)[C@H]1CC(=O)N(c2cccc(Cl)c2Cl)C1. The molecule has 124 valence electrons. The molecule has 1 heterocycles. The van der Waals surface area contributed by atoms with E-state index >= 15 is 0 Å². The Bertz CT molecular complexity index is 810. The van der Waals surface area contributed by atoms with Crippen LogP contribution < -0.4 is 10.2 Å². The molecule has 0 aliphatic carbocycles. The molecule has 1 N–H and O–H groups in total. The molecule has 1 aliphatic heterocycles. The molecule has 0 unspecified atom stereocenters. The Morgan fingerprint density at radius 1 is 1.12 bits per heavy atom. The molecule has 24 heavy (non-hydrogen) atoms. The van der Waals surface area contributed by atoms with E-state index in [1.54, 1.807) is 42.5 Å². The minimum absolute atomic E-state index is 0.120. The maximum atomic E-state index is 12.4. The molecular weight excluding hydrogens is 371 g/mol. The first kappa shape index (κ1) is 17.1. The standard InChI is InChI=1S/C17H13Cl3N2O2/c18-11-3-1-4-12(8-11)21-17(24)10-7-15(23)22(9-10)14-6-2-5-13(19)16(14)20/h1-6,8,10H,7,9H2,(H,21,24)/t10-/m0/s1. The number of rotatable bonds is 3. The second kappa shape index (κ2) is 7.01. The van der Waals surface area contributed by atoms with E-state index in [-0.39, 0.29) is 24.8 Å². The number of hydrogen-bond donors (Lipinski definition) is 1. The normalized spacial score (nSPS) is 17.2. The monoisotopic (exact) mass is 382 g/mol. The zero-order chi connectivity index (χ0) is 17.3. The van der Waals surface area contributed by atoms with Crippen molar-refractivity contribution < 1.29 is 9.59 Å². The Morgan fingerprint density at radius 3 is 2.62 bits per heavy atom. The van der Waals surface area contributed by atoms with Crippen LogP contribution in [0.2, 0.25) is 15.1 Å². The predicted molar refractivity (Wildman–Crippen MR) is 97.0 cm³/mol. The van der Waals surface area contributed by atoms with Gasteiger partial charge >= 0.3 is 0 Å². The zero-order valence-electron chi connectivity index (χ0n) is 12.4. The lowest BCUT2D eigenvalue weighted by atomic mass is 10.1. The first-order chi connectivity index (χ1) is 11.5. The molecule has 2 aromatic carbocycles. The number of nitrogens with one attached hydrogen (secondary N) is 1. The lowest BCUT2D eigenvalue weighted by Gasteiger charge is -2.18. The Morgan fingerprint density at radius 2 is 1.88 bits per heavy atom. The maximum Gasteiger partial charge on any atom is 0.229 e. The van der Waals surface area contributed by atoms with Gasteiger partial charge < -0.3 is 10.2 Å². The smallest absolute Gasteiger partial charge is 0.229 e. The van der Waals surface area contributed by atoms with E-state index < -0.39 is 5.92 Å². The quantitative estimate of drug-likeness (QED) is 0.839. The molecular formula is C17H13Cl3N2O2. The fourth-order valence-corrected chi connectivity index (χ4v) is 3.22. The number of benzene rings is 2. The molecule has 7 heteroatoms. The van der Waals surface area contributed by atoms with Crippen molar-refractivity contribution in [3.05, 3.63) is 57.5 Å². The van der Waals surface area contributed by atoms with Gasteiger partial charge in [-0.15, -0.1) is 0 Å². The average molecular weight is 384 g/mol. The molecule has 0 radical (unpaired) electrons. The number of hydrogen-bond acceptors (Lipinski definition) is 2. The molecule has 1 aliphatic rings. The largest absolute Gasteiger partial charge is 0.326 e. The van der Waals surface area contributed by atoms with Crippen molar-refractivity contribution in [2.75, 3.05) is 16.8 Å². The van der Waals surface area contributed by atoms with Crippen LogP contribution >= 0.6 is 34.8 Å². The maximum absolute atomic E-state index is 12.4.